The molecule has 1 aromatic carbocycles. The van der Waals surface area contributed by atoms with Crippen LogP contribution in [0.1, 0.15) is 56.8 Å². The van der Waals surface area contributed by atoms with Crippen LogP contribution >= 0.6 is 0 Å². The SMILES string of the molecule is C.CCCC(=O)c1ccc(OCC[NH+]2CCCCC2)cc1O.[Cl-]. The van der Waals surface area contributed by atoms with Gasteiger partial charge in [-0.3, -0.25) is 4.79 Å². The quantitative estimate of drug-likeness (QED) is 0.654. The second kappa shape index (κ2) is 11.3. The number of benzene rings is 1. The molecule has 0 atom stereocenters. The lowest BCUT2D eigenvalue weighted by Gasteiger charge is -2.23. The molecular weight excluding hydrogens is 314 g/mol. The minimum absolute atomic E-state index is 0. The van der Waals surface area contributed by atoms with Crippen molar-refractivity contribution in [1.29, 1.82) is 0 Å². The molecule has 0 spiro atoms. The molecule has 0 aliphatic carbocycles. The smallest absolute Gasteiger partial charge is 0.166 e. The number of ketones is 1. The van der Waals surface area contributed by atoms with Crippen LogP contribution in [-0.4, -0.2) is 37.1 Å². The molecular formula is C18H30ClNO3. The second-order valence-electron chi connectivity index (χ2n) is 5.76. The molecule has 0 radical (unpaired) electrons. The summed E-state index contributed by atoms with van der Waals surface area (Å²) in [5, 5.41) is 9.93. The molecule has 2 rings (SSSR count). The Balaban J connectivity index is 0.00000242. The molecule has 23 heavy (non-hydrogen) atoms. The van der Waals surface area contributed by atoms with Crippen LogP contribution in [0.5, 0.6) is 11.5 Å². The zero-order valence-electron chi connectivity index (χ0n) is 13.2. The van der Waals surface area contributed by atoms with E-state index >= 15 is 0 Å². The zero-order valence-corrected chi connectivity index (χ0v) is 14.0. The molecule has 0 unspecified atom stereocenters. The first-order chi connectivity index (χ1) is 10.2. The molecule has 0 aromatic heterocycles. The van der Waals surface area contributed by atoms with Crippen LogP contribution in [0.15, 0.2) is 18.2 Å². The van der Waals surface area contributed by atoms with Crippen LogP contribution < -0.4 is 22.0 Å². The molecule has 2 N–H and O–H groups in total. The fourth-order valence-electron chi connectivity index (χ4n) is 2.81. The number of halogens is 1. The van der Waals surface area contributed by atoms with E-state index in [1.807, 2.05) is 6.92 Å². The summed E-state index contributed by atoms with van der Waals surface area (Å²) >= 11 is 0. The Kier molecular flexibility index (Phi) is 10.7. The predicted octanol–water partition coefficient (Wildman–Crippen LogP) is -0.537. The van der Waals surface area contributed by atoms with E-state index in [1.165, 1.54) is 32.4 Å². The van der Waals surface area contributed by atoms with Gasteiger partial charge in [-0.15, -0.1) is 0 Å². The highest BCUT2D eigenvalue weighted by molar-refractivity contribution is 5.98. The van der Waals surface area contributed by atoms with Crippen molar-refractivity contribution in [3.8, 4) is 11.5 Å². The van der Waals surface area contributed by atoms with Crippen LogP contribution in [0, 0.1) is 0 Å². The molecule has 0 amide bonds. The van der Waals surface area contributed by atoms with Gasteiger partial charge in [-0.2, -0.15) is 0 Å². The predicted molar refractivity (Wildman–Crippen MR) is 89.0 cm³/mol. The normalized spacial score (nSPS) is 14.5. The van der Waals surface area contributed by atoms with Crippen molar-refractivity contribution in [3.63, 3.8) is 0 Å². The van der Waals surface area contributed by atoms with Crippen molar-refractivity contribution < 1.29 is 31.9 Å². The van der Waals surface area contributed by atoms with Crippen LogP contribution in [0.4, 0.5) is 0 Å². The van der Waals surface area contributed by atoms with Crippen LogP contribution in [0.25, 0.3) is 0 Å². The summed E-state index contributed by atoms with van der Waals surface area (Å²) in [5.74, 6) is 0.646. The fourth-order valence-corrected chi connectivity index (χ4v) is 2.81. The maximum Gasteiger partial charge on any atom is 0.166 e. The van der Waals surface area contributed by atoms with Crippen LogP contribution in [0.3, 0.4) is 0 Å². The van der Waals surface area contributed by atoms with Gasteiger partial charge < -0.3 is 27.2 Å². The van der Waals surface area contributed by atoms with Gasteiger partial charge in [-0.25, -0.2) is 0 Å². The van der Waals surface area contributed by atoms with Crippen LogP contribution in [0.2, 0.25) is 0 Å². The van der Waals surface area contributed by atoms with Gasteiger partial charge in [0.25, 0.3) is 0 Å². The largest absolute Gasteiger partial charge is 1.00 e. The number of piperidine rings is 1. The summed E-state index contributed by atoms with van der Waals surface area (Å²) in [4.78, 5) is 13.4. The van der Waals surface area contributed by atoms with Gasteiger partial charge in [-0.05, 0) is 37.8 Å². The molecule has 1 saturated heterocycles. The van der Waals surface area contributed by atoms with Gasteiger partial charge in [0.05, 0.1) is 18.7 Å². The number of hydrogen-bond acceptors (Lipinski definition) is 3. The van der Waals surface area contributed by atoms with E-state index in [0.717, 1.165) is 13.0 Å². The van der Waals surface area contributed by atoms with Gasteiger partial charge in [0, 0.05) is 12.5 Å². The van der Waals surface area contributed by atoms with Crippen molar-refractivity contribution >= 4 is 5.78 Å². The zero-order chi connectivity index (χ0) is 15.1. The summed E-state index contributed by atoms with van der Waals surface area (Å²) in [7, 11) is 0. The summed E-state index contributed by atoms with van der Waals surface area (Å²) in [6.07, 6.45) is 5.22. The maximum absolute atomic E-state index is 11.8. The molecule has 132 valence electrons. The molecule has 1 aliphatic rings. The number of carbonyl (C=O) groups excluding carboxylic acids is 1. The molecule has 4 nitrogen and oxygen atoms in total. The Hall–Kier alpha value is -1.26. The van der Waals surface area contributed by atoms with Crippen molar-refractivity contribution in [1.82, 2.24) is 0 Å². The van der Waals surface area contributed by atoms with E-state index in [0.29, 0.717) is 24.3 Å². The number of rotatable bonds is 7. The number of quaternary nitrogens is 1. The number of phenols is 1. The monoisotopic (exact) mass is 343 g/mol. The van der Waals surface area contributed by atoms with Gasteiger partial charge in [0.1, 0.15) is 24.7 Å². The number of aromatic hydroxyl groups is 1. The van der Waals surface area contributed by atoms with E-state index in [2.05, 4.69) is 0 Å². The second-order valence-corrected chi connectivity index (χ2v) is 5.76. The standard InChI is InChI=1S/C17H25NO3.CH4.ClH/c1-2-6-16(19)15-8-7-14(13-17(15)20)21-12-11-18-9-4-3-5-10-18;;/h7-8,13,20H,2-6,9-12H2,1H3;1H4;1H. The van der Waals surface area contributed by atoms with Crippen molar-refractivity contribution in [2.75, 3.05) is 26.2 Å². The van der Waals surface area contributed by atoms with E-state index in [9.17, 15) is 9.90 Å². The first-order valence-electron chi connectivity index (χ1n) is 8.03. The summed E-state index contributed by atoms with van der Waals surface area (Å²) < 4.78 is 5.69. The highest BCUT2D eigenvalue weighted by atomic mass is 35.5. The molecule has 1 heterocycles. The van der Waals surface area contributed by atoms with Gasteiger partial charge in [-0.1, -0.05) is 14.4 Å². The first-order valence-corrected chi connectivity index (χ1v) is 8.03. The fraction of sp³-hybridized carbons (Fsp3) is 0.611. The Bertz CT molecular complexity index is 473. The Morgan fingerprint density at radius 3 is 2.57 bits per heavy atom. The molecule has 5 heteroatoms. The Morgan fingerprint density at radius 2 is 1.96 bits per heavy atom. The lowest BCUT2D eigenvalue weighted by atomic mass is 10.1. The summed E-state index contributed by atoms with van der Waals surface area (Å²) in [6, 6.07) is 4.99. The lowest BCUT2D eigenvalue weighted by molar-refractivity contribution is -0.904. The van der Waals surface area contributed by atoms with Gasteiger partial charge >= 0.3 is 0 Å². The third kappa shape index (κ3) is 6.80. The Labute approximate surface area is 146 Å². The topological polar surface area (TPSA) is 51.0 Å². The number of hydrogen-bond donors (Lipinski definition) is 2. The molecule has 1 fully saturated rings. The van der Waals surface area contributed by atoms with E-state index < -0.39 is 0 Å². The number of nitrogens with one attached hydrogen (secondary N) is 1. The van der Waals surface area contributed by atoms with E-state index in [4.69, 9.17) is 4.74 Å². The highest BCUT2D eigenvalue weighted by Gasteiger charge is 2.14. The minimum atomic E-state index is -0.0145. The molecule has 1 aromatic rings. The average molecular weight is 344 g/mol. The van der Waals surface area contributed by atoms with E-state index in [1.54, 1.807) is 23.1 Å². The summed E-state index contributed by atoms with van der Waals surface area (Å²) in [5.41, 5.74) is 0.394. The van der Waals surface area contributed by atoms with Gasteiger partial charge in [0.15, 0.2) is 5.78 Å². The molecule has 0 saturated carbocycles. The minimum Gasteiger partial charge on any atom is -1.00 e. The summed E-state index contributed by atoms with van der Waals surface area (Å²) in [6.45, 7) is 6.07. The third-order valence-electron chi connectivity index (χ3n) is 4.03. The molecule has 1 aliphatic heterocycles. The van der Waals surface area contributed by atoms with Crippen LogP contribution in [-0.2, 0) is 0 Å². The van der Waals surface area contributed by atoms with Crippen molar-refractivity contribution in [2.24, 2.45) is 0 Å². The average Bonchev–Trinajstić information content (AvgIpc) is 2.48. The highest BCUT2D eigenvalue weighted by Crippen LogP contribution is 2.24. The number of ether oxygens (including phenoxy) is 1. The lowest BCUT2D eigenvalue weighted by Crippen LogP contribution is -3.13. The third-order valence-corrected chi connectivity index (χ3v) is 4.03. The number of likely N-dealkylation sites (tertiary alicyclic amines) is 1. The van der Waals surface area contributed by atoms with Crippen molar-refractivity contribution in [3.05, 3.63) is 23.8 Å². The maximum atomic E-state index is 11.8. The van der Waals surface area contributed by atoms with Crippen molar-refractivity contribution in [2.45, 2.75) is 46.5 Å². The number of Topliss-reactive ketones (excluding diaryl/α,β-unsaturated/α-hetero) is 1. The Morgan fingerprint density at radius 1 is 1.26 bits per heavy atom. The van der Waals surface area contributed by atoms with E-state index in [-0.39, 0.29) is 31.4 Å². The number of phenolic OH excluding ortho intramolecular Hbond substituents is 1. The number of carbonyl (C=O) groups is 1. The first kappa shape index (κ1) is 21.7. The molecule has 0 bridgehead atoms. The van der Waals surface area contributed by atoms with Gasteiger partial charge in [0.2, 0.25) is 0 Å².